The van der Waals surface area contributed by atoms with Crippen LogP contribution < -0.4 is 5.32 Å². The Bertz CT molecular complexity index is 811. The van der Waals surface area contributed by atoms with Crippen LogP contribution in [0.4, 0.5) is 4.79 Å². The molecular weight excluding hydrogens is 395 g/mol. The van der Waals surface area contributed by atoms with E-state index in [1.54, 1.807) is 0 Å². The number of halogens is 3. The first-order valence-electron chi connectivity index (χ1n) is 8.82. The predicted molar refractivity (Wildman–Crippen MR) is 108 cm³/mol. The molecule has 0 spiro atoms. The third-order valence-corrected chi connectivity index (χ3v) is 5.17. The van der Waals surface area contributed by atoms with Crippen LogP contribution in [0.25, 0.3) is 10.9 Å². The highest BCUT2D eigenvalue weighted by molar-refractivity contribution is 6.67. The molecule has 1 heterocycles. The molecule has 0 saturated carbocycles. The molecule has 0 saturated heterocycles. The molecule has 4 nitrogen and oxygen atoms in total. The molecule has 1 amide bonds. The van der Waals surface area contributed by atoms with E-state index in [-0.39, 0.29) is 6.61 Å². The summed E-state index contributed by atoms with van der Waals surface area (Å²) in [6, 6.07) is 6.58. The lowest BCUT2D eigenvalue weighted by Gasteiger charge is -2.21. The topological polar surface area (TPSA) is 43.3 Å². The number of amides is 1. The highest BCUT2D eigenvalue weighted by atomic mass is 35.6. The number of aromatic nitrogens is 1. The summed E-state index contributed by atoms with van der Waals surface area (Å²) in [6.07, 6.45) is 2.80. The van der Waals surface area contributed by atoms with Crippen molar-refractivity contribution in [2.75, 3.05) is 13.2 Å². The van der Waals surface area contributed by atoms with Crippen LogP contribution >= 0.6 is 34.8 Å². The first-order chi connectivity index (χ1) is 12.2. The van der Waals surface area contributed by atoms with Crippen molar-refractivity contribution in [3.8, 4) is 0 Å². The van der Waals surface area contributed by atoms with Crippen LogP contribution in [0.5, 0.6) is 0 Å². The van der Waals surface area contributed by atoms with Crippen LogP contribution in [-0.2, 0) is 24.1 Å². The normalized spacial score (nSPS) is 17.2. The molecule has 2 aromatic rings. The highest BCUT2D eigenvalue weighted by Crippen LogP contribution is 2.34. The van der Waals surface area contributed by atoms with Gasteiger partial charge in [0.05, 0.1) is 0 Å². The van der Waals surface area contributed by atoms with E-state index in [1.807, 2.05) is 0 Å². The molecule has 1 aromatic carbocycles. The molecule has 0 bridgehead atoms. The molecule has 1 aliphatic carbocycles. The zero-order valence-corrected chi connectivity index (χ0v) is 17.2. The van der Waals surface area contributed by atoms with Gasteiger partial charge >= 0.3 is 6.09 Å². The first kappa shape index (κ1) is 19.7. The zero-order valence-electron chi connectivity index (χ0n) is 14.9. The van der Waals surface area contributed by atoms with Gasteiger partial charge in [0, 0.05) is 29.7 Å². The molecule has 0 radical (unpaired) electrons. The smallest absolute Gasteiger partial charge is 0.407 e. The lowest BCUT2D eigenvalue weighted by atomic mass is 9.87. The number of nitrogens with one attached hydrogen (secondary N) is 1. The fourth-order valence-electron chi connectivity index (χ4n) is 3.66. The monoisotopic (exact) mass is 416 g/mol. The Morgan fingerprint density at radius 3 is 2.88 bits per heavy atom. The largest absolute Gasteiger partial charge is 0.445 e. The number of benzene rings is 1. The average Bonchev–Trinajstić information content (AvgIpc) is 2.85. The molecule has 1 atom stereocenters. The summed E-state index contributed by atoms with van der Waals surface area (Å²) in [5, 5.41) is 4.07. The van der Waals surface area contributed by atoms with Gasteiger partial charge in [0.15, 0.2) is 0 Å². The van der Waals surface area contributed by atoms with Gasteiger partial charge in [-0.2, -0.15) is 0 Å². The molecular formula is C19H23Cl3N2O2. The van der Waals surface area contributed by atoms with E-state index in [1.165, 1.54) is 34.1 Å². The van der Waals surface area contributed by atoms with Gasteiger partial charge in [0.2, 0.25) is 3.79 Å². The van der Waals surface area contributed by atoms with Crippen LogP contribution in [0.3, 0.4) is 0 Å². The van der Waals surface area contributed by atoms with Crippen molar-refractivity contribution in [2.45, 2.75) is 43.4 Å². The van der Waals surface area contributed by atoms with E-state index in [9.17, 15) is 4.79 Å². The maximum Gasteiger partial charge on any atom is 0.407 e. The second-order valence-corrected chi connectivity index (χ2v) is 9.58. The van der Waals surface area contributed by atoms with Gasteiger partial charge in [-0.1, -0.05) is 53.4 Å². The lowest BCUT2D eigenvalue weighted by molar-refractivity contribution is 0.148. The van der Waals surface area contributed by atoms with Crippen LogP contribution in [0.1, 0.15) is 30.2 Å². The van der Waals surface area contributed by atoms with E-state index in [0.29, 0.717) is 19.0 Å². The van der Waals surface area contributed by atoms with Crippen molar-refractivity contribution in [3.05, 3.63) is 35.0 Å². The number of carbonyl (C=O) groups is 1. The van der Waals surface area contributed by atoms with Crippen LogP contribution in [0.15, 0.2) is 18.2 Å². The maximum atomic E-state index is 11.7. The second kappa shape index (κ2) is 7.87. The molecule has 1 aromatic heterocycles. The van der Waals surface area contributed by atoms with Gasteiger partial charge in [0.1, 0.15) is 6.61 Å². The minimum absolute atomic E-state index is 0.275. The highest BCUT2D eigenvalue weighted by Gasteiger charge is 2.24. The summed E-state index contributed by atoms with van der Waals surface area (Å²) in [6.45, 7) is 5.30. The fourth-order valence-corrected chi connectivity index (χ4v) is 3.83. The Labute approximate surface area is 168 Å². The van der Waals surface area contributed by atoms with Crippen molar-refractivity contribution in [1.29, 1.82) is 0 Å². The number of hydrogen-bond donors (Lipinski definition) is 1. The van der Waals surface area contributed by atoms with Gasteiger partial charge in [-0.3, -0.25) is 0 Å². The minimum atomic E-state index is -1.60. The van der Waals surface area contributed by atoms with Crippen molar-refractivity contribution < 1.29 is 9.53 Å². The molecule has 0 fully saturated rings. The SMILES string of the molecule is Cc1ccc2c(c1)c1c(n2CCNC(=O)OCC(Cl)(Cl)Cl)CCC(C)C1. The van der Waals surface area contributed by atoms with Crippen LogP contribution in [-0.4, -0.2) is 27.6 Å². The van der Waals surface area contributed by atoms with E-state index < -0.39 is 9.89 Å². The number of alkyl halides is 3. The molecule has 142 valence electrons. The zero-order chi connectivity index (χ0) is 18.9. The molecule has 0 aliphatic heterocycles. The summed E-state index contributed by atoms with van der Waals surface area (Å²) >= 11 is 16.8. The van der Waals surface area contributed by atoms with Gasteiger partial charge in [0.25, 0.3) is 0 Å². The number of fused-ring (bicyclic) bond motifs is 3. The van der Waals surface area contributed by atoms with Crippen molar-refractivity contribution in [2.24, 2.45) is 5.92 Å². The molecule has 26 heavy (non-hydrogen) atoms. The molecule has 1 unspecified atom stereocenters. The van der Waals surface area contributed by atoms with Crippen LogP contribution in [0.2, 0.25) is 0 Å². The summed E-state index contributed by atoms with van der Waals surface area (Å²) in [4.78, 5) is 11.7. The standard InChI is InChI=1S/C19H23Cl3N2O2/c1-12-3-5-16-14(9-12)15-10-13(2)4-6-17(15)24(16)8-7-23-18(25)26-11-19(20,21)22/h3,5,9,13H,4,6-8,10-11H2,1-2H3,(H,23,25). The Morgan fingerprint density at radius 1 is 1.38 bits per heavy atom. The van der Waals surface area contributed by atoms with E-state index in [4.69, 9.17) is 39.5 Å². The van der Waals surface area contributed by atoms with Crippen LogP contribution in [0, 0.1) is 12.8 Å². The molecule has 7 heteroatoms. The quantitative estimate of drug-likeness (QED) is 0.697. The van der Waals surface area contributed by atoms with Crippen molar-refractivity contribution >= 4 is 51.8 Å². The Hall–Kier alpha value is -1.10. The number of carbonyl (C=O) groups excluding carboxylic acids is 1. The molecule has 3 rings (SSSR count). The average molecular weight is 418 g/mol. The second-order valence-electron chi connectivity index (χ2n) is 7.06. The Morgan fingerprint density at radius 2 is 2.15 bits per heavy atom. The van der Waals surface area contributed by atoms with Crippen molar-refractivity contribution in [3.63, 3.8) is 0 Å². The number of alkyl carbamates (subject to hydrolysis) is 1. The third kappa shape index (κ3) is 4.59. The number of rotatable bonds is 4. The van der Waals surface area contributed by atoms with E-state index in [0.717, 1.165) is 12.8 Å². The van der Waals surface area contributed by atoms with Gasteiger partial charge in [-0.15, -0.1) is 0 Å². The fraction of sp³-hybridized carbons (Fsp3) is 0.526. The van der Waals surface area contributed by atoms with Crippen molar-refractivity contribution in [1.82, 2.24) is 9.88 Å². The lowest BCUT2D eigenvalue weighted by Crippen LogP contribution is -2.30. The number of aryl methyl sites for hydroxylation is 1. The minimum Gasteiger partial charge on any atom is -0.445 e. The first-order valence-corrected chi connectivity index (χ1v) is 9.96. The number of ether oxygens (including phenoxy) is 1. The number of nitrogens with zero attached hydrogens (tertiary/aromatic N) is 1. The van der Waals surface area contributed by atoms with E-state index in [2.05, 4.69) is 41.9 Å². The number of hydrogen-bond acceptors (Lipinski definition) is 2. The molecule has 1 aliphatic rings. The summed E-state index contributed by atoms with van der Waals surface area (Å²) in [5.41, 5.74) is 5.34. The van der Waals surface area contributed by atoms with E-state index >= 15 is 0 Å². The summed E-state index contributed by atoms with van der Waals surface area (Å²) in [5.74, 6) is 0.706. The third-order valence-electron chi connectivity index (χ3n) is 4.84. The maximum absolute atomic E-state index is 11.7. The predicted octanol–water partition coefficient (Wildman–Crippen LogP) is 5.17. The van der Waals surface area contributed by atoms with Gasteiger partial charge in [-0.25, -0.2) is 4.79 Å². The van der Waals surface area contributed by atoms with Gasteiger partial charge in [-0.05, 0) is 49.8 Å². The molecule has 1 N–H and O–H groups in total. The Kier molecular flexibility index (Phi) is 5.95. The Balaban J connectivity index is 1.73. The van der Waals surface area contributed by atoms with Gasteiger partial charge < -0.3 is 14.6 Å². The summed E-state index contributed by atoms with van der Waals surface area (Å²) in [7, 11) is 0. The summed E-state index contributed by atoms with van der Waals surface area (Å²) < 4.78 is 5.63.